The molecular weight excluding hydrogens is 362 g/mol. The first-order valence-electron chi connectivity index (χ1n) is 8.25. The molecule has 0 unspecified atom stereocenters. The van der Waals surface area contributed by atoms with E-state index >= 15 is 0 Å². The van der Waals surface area contributed by atoms with Gasteiger partial charge in [-0.25, -0.2) is 0 Å². The van der Waals surface area contributed by atoms with Gasteiger partial charge in [0.25, 0.3) is 11.7 Å². The number of carbonyl (C=O) groups excluding carboxylic acids is 2. The average molecular weight is 376 g/mol. The van der Waals surface area contributed by atoms with Crippen molar-refractivity contribution in [1.29, 1.82) is 0 Å². The minimum absolute atomic E-state index is 0.340. The van der Waals surface area contributed by atoms with E-state index in [4.69, 9.17) is 11.6 Å². The summed E-state index contributed by atoms with van der Waals surface area (Å²) in [4.78, 5) is 29.1. The molecule has 0 bridgehead atoms. The van der Waals surface area contributed by atoms with Crippen LogP contribution >= 0.6 is 11.6 Å². The monoisotopic (exact) mass is 375 g/mol. The highest BCUT2D eigenvalue weighted by Crippen LogP contribution is 2.26. The summed E-state index contributed by atoms with van der Waals surface area (Å²) in [5.74, 6) is -1.30. The number of hydrogen-bond donors (Lipinski definition) is 1. The topological polar surface area (TPSA) is 64.0 Å². The molecule has 0 fully saturated rings. The van der Waals surface area contributed by atoms with E-state index in [1.165, 1.54) is 0 Å². The molecule has 0 aliphatic rings. The number of hydrogen-bond acceptors (Lipinski definition) is 3. The molecule has 2 aromatic carbocycles. The lowest BCUT2D eigenvalue weighted by Gasteiger charge is -2.05. The van der Waals surface area contributed by atoms with Gasteiger partial charge >= 0.3 is 0 Å². The minimum atomic E-state index is -0.694. The van der Waals surface area contributed by atoms with Crippen molar-refractivity contribution >= 4 is 39.9 Å². The quantitative estimate of drug-likeness (QED) is 0.422. The summed E-state index contributed by atoms with van der Waals surface area (Å²) in [5, 5.41) is 3.94. The first-order valence-corrected chi connectivity index (χ1v) is 8.63. The van der Waals surface area contributed by atoms with Crippen LogP contribution in [0.3, 0.4) is 0 Å². The molecule has 0 aliphatic heterocycles. The minimum Gasteiger partial charge on any atom is -0.319 e. The fraction of sp³-hybridized carbons (Fsp3) is 0. The molecule has 0 aliphatic carbocycles. The lowest BCUT2D eigenvalue weighted by atomic mass is 10.1. The predicted molar refractivity (Wildman–Crippen MR) is 105 cm³/mol. The van der Waals surface area contributed by atoms with Gasteiger partial charge < -0.3 is 9.88 Å². The van der Waals surface area contributed by atoms with E-state index in [1.807, 2.05) is 41.0 Å². The Morgan fingerprint density at radius 3 is 2.37 bits per heavy atom. The second kappa shape index (κ2) is 7.05. The van der Waals surface area contributed by atoms with E-state index in [9.17, 15) is 9.59 Å². The largest absolute Gasteiger partial charge is 0.319 e. The lowest BCUT2D eigenvalue weighted by molar-refractivity contribution is -0.112. The van der Waals surface area contributed by atoms with Crippen molar-refractivity contribution in [2.75, 3.05) is 5.32 Å². The summed E-state index contributed by atoms with van der Waals surface area (Å²) in [6.45, 7) is 0. The number of nitrogens with zero attached hydrogens (tertiary/aromatic N) is 2. The number of carbonyl (C=O) groups is 2. The SMILES string of the molecule is O=C(Nc1ccncc1)C(=O)c1cn(-c2ccc(Cl)cc2)c2ccccc12. The Hall–Kier alpha value is -3.44. The summed E-state index contributed by atoms with van der Waals surface area (Å²) in [6, 6.07) is 18.0. The Morgan fingerprint density at radius 2 is 1.63 bits per heavy atom. The zero-order chi connectivity index (χ0) is 18.8. The van der Waals surface area contributed by atoms with Gasteiger partial charge in [0, 0.05) is 40.4 Å². The number of para-hydroxylation sites is 1. The lowest BCUT2D eigenvalue weighted by Crippen LogP contribution is -2.22. The van der Waals surface area contributed by atoms with Crippen molar-refractivity contribution in [2.24, 2.45) is 0 Å². The van der Waals surface area contributed by atoms with E-state index in [-0.39, 0.29) is 0 Å². The molecule has 0 saturated heterocycles. The Kier molecular flexibility index (Phi) is 4.44. The molecule has 132 valence electrons. The number of nitrogens with one attached hydrogen (secondary N) is 1. The van der Waals surface area contributed by atoms with Gasteiger partial charge in [-0.1, -0.05) is 29.8 Å². The maximum absolute atomic E-state index is 12.8. The van der Waals surface area contributed by atoms with Gasteiger partial charge in [-0.15, -0.1) is 0 Å². The molecule has 1 N–H and O–H groups in total. The zero-order valence-corrected chi connectivity index (χ0v) is 14.9. The third-order valence-electron chi connectivity index (χ3n) is 4.21. The van der Waals surface area contributed by atoms with Crippen molar-refractivity contribution < 1.29 is 9.59 Å². The van der Waals surface area contributed by atoms with Gasteiger partial charge in [0.15, 0.2) is 0 Å². The van der Waals surface area contributed by atoms with Crippen molar-refractivity contribution in [3.8, 4) is 5.69 Å². The highest BCUT2D eigenvalue weighted by atomic mass is 35.5. The van der Waals surface area contributed by atoms with Crippen LogP contribution in [-0.4, -0.2) is 21.2 Å². The molecule has 2 heterocycles. The summed E-state index contributed by atoms with van der Waals surface area (Å²) in [6.07, 6.45) is 4.78. The molecule has 0 atom stereocenters. The van der Waals surface area contributed by atoms with Crippen LogP contribution in [0.4, 0.5) is 5.69 Å². The maximum atomic E-state index is 12.8. The van der Waals surface area contributed by atoms with Crippen LogP contribution in [0.1, 0.15) is 10.4 Å². The number of benzene rings is 2. The van der Waals surface area contributed by atoms with Gasteiger partial charge in [-0.3, -0.25) is 14.6 Å². The summed E-state index contributed by atoms with van der Waals surface area (Å²) < 4.78 is 1.87. The van der Waals surface area contributed by atoms with E-state index in [2.05, 4.69) is 10.3 Å². The number of halogens is 1. The molecule has 2 aromatic heterocycles. The number of amides is 1. The van der Waals surface area contributed by atoms with E-state index in [0.29, 0.717) is 21.7 Å². The molecule has 6 heteroatoms. The molecule has 0 radical (unpaired) electrons. The van der Waals surface area contributed by atoms with Crippen molar-refractivity contribution in [3.05, 3.63) is 89.8 Å². The third-order valence-corrected chi connectivity index (χ3v) is 4.46. The van der Waals surface area contributed by atoms with Gasteiger partial charge in [0.1, 0.15) is 0 Å². The van der Waals surface area contributed by atoms with Crippen LogP contribution in [0, 0.1) is 0 Å². The molecular formula is C21H14ClN3O2. The Labute approximate surface area is 160 Å². The molecule has 1 amide bonds. The van der Waals surface area contributed by atoms with E-state index in [0.717, 1.165) is 11.2 Å². The van der Waals surface area contributed by atoms with Crippen LogP contribution in [0.5, 0.6) is 0 Å². The fourth-order valence-electron chi connectivity index (χ4n) is 2.92. The van der Waals surface area contributed by atoms with Gasteiger partial charge in [0.05, 0.1) is 11.1 Å². The molecule has 4 rings (SSSR count). The second-order valence-electron chi connectivity index (χ2n) is 5.93. The summed E-state index contributed by atoms with van der Waals surface area (Å²) in [5.41, 5.74) is 2.54. The van der Waals surface area contributed by atoms with Crippen LogP contribution in [-0.2, 0) is 4.79 Å². The smallest absolute Gasteiger partial charge is 0.296 e. The predicted octanol–water partition coefficient (Wildman–Crippen LogP) is 4.50. The highest BCUT2D eigenvalue weighted by Gasteiger charge is 2.22. The average Bonchev–Trinajstić information content (AvgIpc) is 3.08. The first-order chi connectivity index (χ1) is 13.1. The number of aromatic nitrogens is 2. The fourth-order valence-corrected chi connectivity index (χ4v) is 3.05. The number of rotatable bonds is 4. The molecule has 0 saturated carbocycles. The summed E-state index contributed by atoms with van der Waals surface area (Å²) >= 11 is 5.97. The molecule has 0 spiro atoms. The normalized spacial score (nSPS) is 10.7. The number of fused-ring (bicyclic) bond motifs is 1. The van der Waals surface area contributed by atoms with Crippen molar-refractivity contribution in [3.63, 3.8) is 0 Å². The van der Waals surface area contributed by atoms with Crippen molar-refractivity contribution in [1.82, 2.24) is 9.55 Å². The molecule has 27 heavy (non-hydrogen) atoms. The van der Waals surface area contributed by atoms with Crippen LogP contribution in [0.25, 0.3) is 16.6 Å². The Morgan fingerprint density at radius 1 is 0.926 bits per heavy atom. The molecule has 5 nitrogen and oxygen atoms in total. The third kappa shape index (κ3) is 3.32. The number of anilines is 1. The van der Waals surface area contributed by atoms with E-state index in [1.54, 1.807) is 42.9 Å². The standard InChI is InChI=1S/C21H14ClN3O2/c22-14-5-7-16(8-6-14)25-13-18(17-3-1-2-4-19(17)25)20(26)21(27)24-15-9-11-23-12-10-15/h1-13H,(H,23,24,27). The van der Waals surface area contributed by atoms with Crippen LogP contribution in [0.2, 0.25) is 5.02 Å². The summed E-state index contributed by atoms with van der Waals surface area (Å²) in [7, 11) is 0. The van der Waals surface area contributed by atoms with Gasteiger partial charge in [0.2, 0.25) is 0 Å². The van der Waals surface area contributed by atoms with E-state index < -0.39 is 11.7 Å². The number of ketones is 1. The van der Waals surface area contributed by atoms with Crippen LogP contribution < -0.4 is 5.32 Å². The second-order valence-corrected chi connectivity index (χ2v) is 6.36. The Balaban J connectivity index is 1.74. The molecule has 4 aromatic rings. The maximum Gasteiger partial charge on any atom is 0.296 e. The zero-order valence-electron chi connectivity index (χ0n) is 14.1. The number of Topliss-reactive ketones (excluding diaryl/α,β-unsaturated/α-hetero) is 1. The van der Waals surface area contributed by atoms with Gasteiger partial charge in [-0.05, 0) is 42.5 Å². The van der Waals surface area contributed by atoms with Crippen LogP contribution in [0.15, 0.2) is 79.3 Å². The van der Waals surface area contributed by atoms with Gasteiger partial charge in [-0.2, -0.15) is 0 Å². The highest BCUT2D eigenvalue weighted by molar-refractivity contribution is 6.48. The Bertz CT molecular complexity index is 1140. The van der Waals surface area contributed by atoms with Crippen molar-refractivity contribution in [2.45, 2.75) is 0 Å². The number of pyridine rings is 1. The first kappa shape index (κ1) is 17.0.